The number of likely N-dealkylation sites (tertiary alicyclic amines) is 1. The molecule has 2 amide bonds. The molecule has 0 aromatic carbocycles. The maximum absolute atomic E-state index is 13.3. The van der Waals surface area contributed by atoms with E-state index in [-0.39, 0.29) is 23.4 Å². The number of hydrogen-bond acceptors (Lipinski definition) is 5. The van der Waals surface area contributed by atoms with Crippen LogP contribution in [0.1, 0.15) is 59.3 Å². The van der Waals surface area contributed by atoms with Crippen LogP contribution in [0.3, 0.4) is 0 Å². The first-order valence-corrected chi connectivity index (χ1v) is 14.4. The number of nitrogens with one attached hydrogen (secondary N) is 2. The molecule has 3 atom stereocenters. The van der Waals surface area contributed by atoms with Crippen LogP contribution in [0.5, 0.6) is 0 Å². The van der Waals surface area contributed by atoms with Crippen LogP contribution in [0.2, 0.25) is 0 Å². The van der Waals surface area contributed by atoms with E-state index in [0.717, 1.165) is 61.4 Å². The third-order valence-electron chi connectivity index (χ3n) is 6.90. The second kappa shape index (κ2) is 15.0. The Morgan fingerprint density at radius 3 is 2.81 bits per heavy atom. The Hall–Kier alpha value is -1.54. The molecule has 204 valence electrons. The molecule has 36 heavy (non-hydrogen) atoms. The molecule has 2 rings (SSSR count). The van der Waals surface area contributed by atoms with Gasteiger partial charge in [0.1, 0.15) is 0 Å². The summed E-state index contributed by atoms with van der Waals surface area (Å²) in [6, 6.07) is 0.0315. The molecule has 0 aliphatic carbocycles. The van der Waals surface area contributed by atoms with Gasteiger partial charge in [0.15, 0.2) is 0 Å². The highest BCUT2D eigenvalue weighted by Crippen LogP contribution is 2.38. The van der Waals surface area contributed by atoms with E-state index >= 15 is 0 Å². The van der Waals surface area contributed by atoms with Gasteiger partial charge in [-0.15, -0.1) is 11.8 Å². The number of hydrogen-bond donors (Lipinski definition) is 3. The predicted molar refractivity (Wildman–Crippen MR) is 153 cm³/mol. The number of piperidine rings is 1. The molecule has 0 spiro atoms. The summed E-state index contributed by atoms with van der Waals surface area (Å²) in [7, 11) is 3.63. The van der Waals surface area contributed by atoms with E-state index in [4.69, 9.17) is 4.74 Å². The normalized spacial score (nSPS) is 24.9. The van der Waals surface area contributed by atoms with Crippen LogP contribution >= 0.6 is 11.8 Å². The quantitative estimate of drug-likeness (QED) is 0.324. The lowest BCUT2D eigenvalue weighted by Crippen LogP contribution is -2.55. The summed E-state index contributed by atoms with van der Waals surface area (Å²) in [6.45, 7) is 13.3. The zero-order chi connectivity index (χ0) is 26.6. The fraction of sp³-hybridized carbons (Fsp3) is 0.690. The van der Waals surface area contributed by atoms with Crippen molar-refractivity contribution in [2.75, 3.05) is 46.2 Å². The Labute approximate surface area is 223 Å². The summed E-state index contributed by atoms with van der Waals surface area (Å²) in [6.07, 6.45) is 15.3. The van der Waals surface area contributed by atoms with Crippen molar-refractivity contribution < 1.29 is 14.6 Å². The number of carbonyl (C=O) groups excluding carboxylic acids is 1. The Morgan fingerprint density at radius 2 is 2.11 bits per heavy atom. The van der Waals surface area contributed by atoms with Gasteiger partial charge in [0.25, 0.3) is 0 Å². The molecule has 0 saturated carbocycles. The van der Waals surface area contributed by atoms with Crippen molar-refractivity contribution >= 4 is 17.8 Å². The summed E-state index contributed by atoms with van der Waals surface area (Å²) in [5.41, 5.74) is 0.0216. The number of amides is 2. The second-order valence-electron chi connectivity index (χ2n) is 11.3. The molecule has 2 aliphatic rings. The minimum Gasteiger partial charge on any atom is -0.385 e. The number of likely N-dealkylation sites (N-methyl/N-ethyl adjacent to an activating group) is 1. The van der Waals surface area contributed by atoms with Crippen molar-refractivity contribution in [2.24, 2.45) is 11.3 Å². The van der Waals surface area contributed by atoms with Gasteiger partial charge in [-0.1, -0.05) is 51.7 Å². The molecule has 1 saturated heterocycles. The molecule has 0 unspecified atom stereocenters. The monoisotopic (exact) mass is 519 g/mol. The summed E-state index contributed by atoms with van der Waals surface area (Å²) >= 11 is 1.69. The fourth-order valence-electron chi connectivity index (χ4n) is 5.18. The number of urea groups is 1. The molecule has 3 N–H and O–H groups in total. The average molecular weight is 520 g/mol. The summed E-state index contributed by atoms with van der Waals surface area (Å²) in [4.78, 5) is 16.3. The van der Waals surface area contributed by atoms with E-state index in [1.807, 2.05) is 30.2 Å². The van der Waals surface area contributed by atoms with E-state index in [0.29, 0.717) is 19.6 Å². The van der Waals surface area contributed by atoms with Crippen LogP contribution in [-0.4, -0.2) is 73.8 Å². The highest BCUT2D eigenvalue weighted by molar-refractivity contribution is 8.03. The molecule has 1 fully saturated rings. The van der Waals surface area contributed by atoms with Crippen molar-refractivity contribution in [1.82, 2.24) is 15.5 Å². The molecule has 2 heterocycles. The molecule has 7 heteroatoms. The highest BCUT2D eigenvalue weighted by Gasteiger charge is 2.42. The van der Waals surface area contributed by atoms with Crippen molar-refractivity contribution in [3.8, 4) is 0 Å². The number of thioether (sulfide) groups is 1. The summed E-state index contributed by atoms with van der Waals surface area (Å²) in [5, 5.41) is 18.7. The maximum Gasteiger partial charge on any atom is 0.317 e. The zero-order valence-electron chi connectivity index (χ0n) is 23.1. The number of methoxy groups -OCH3 is 1. The minimum absolute atomic E-state index is 0.0301. The maximum atomic E-state index is 13.3. The second-order valence-corrected chi connectivity index (χ2v) is 12.4. The standard InChI is InChI=1S/C29H49N3O3S/c1-23-12-9-13-24(15-11-19-36-23)29(34,16-7-8-18-35-6)25-14-10-17-32(22-25)27(33)31-26(21-30-5)20-28(2,3)4/h9,11-13,15,25-26,30,34H,1,7-8,10,14,16-22H2,2-6H3,(H,31,33)/b12-9-,15-11+,24-13+/t25-,26+,29-/m1/s1. The number of aliphatic hydroxyl groups is 1. The van der Waals surface area contributed by atoms with Gasteiger partial charge in [0.05, 0.1) is 5.60 Å². The van der Waals surface area contributed by atoms with Crippen molar-refractivity contribution in [1.29, 1.82) is 0 Å². The SMILES string of the molecule is C=C1\C=C/C=C([C@](O)(CCCCOC)[C@@H]2CCCN(C(=O)N[C@H](CNC)CC(C)(C)C)C2)\C=C\CS1. The minimum atomic E-state index is -1.01. The average Bonchev–Trinajstić information content (AvgIpc) is 2.93. The van der Waals surface area contributed by atoms with Crippen LogP contribution < -0.4 is 10.6 Å². The largest absolute Gasteiger partial charge is 0.385 e. The first kappa shape index (κ1) is 30.7. The van der Waals surface area contributed by atoms with Crippen molar-refractivity contribution in [3.63, 3.8) is 0 Å². The molecule has 0 aromatic rings. The van der Waals surface area contributed by atoms with Gasteiger partial charge in [-0.05, 0) is 62.6 Å². The molecule has 6 nitrogen and oxygen atoms in total. The van der Waals surface area contributed by atoms with Crippen LogP contribution in [-0.2, 0) is 4.74 Å². The van der Waals surface area contributed by atoms with E-state index in [1.54, 1.807) is 18.9 Å². The van der Waals surface area contributed by atoms with Crippen molar-refractivity contribution in [3.05, 3.63) is 47.4 Å². The van der Waals surface area contributed by atoms with Crippen LogP contribution in [0, 0.1) is 11.3 Å². The third kappa shape index (κ3) is 10.1. The first-order valence-electron chi connectivity index (χ1n) is 13.4. The van der Waals surface area contributed by atoms with E-state index in [2.05, 4.69) is 50.1 Å². The Bertz CT molecular complexity index is 802. The Balaban J connectivity index is 2.23. The third-order valence-corrected chi connectivity index (χ3v) is 7.76. The van der Waals surface area contributed by atoms with Gasteiger partial charge >= 0.3 is 6.03 Å². The summed E-state index contributed by atoms with van der Waals surface area (Å²) < 4.78 is 5.25. The summed E-state index contributed by atoms with van der Waals surface area (Å²) in [5.74, 6) is 0.783. The number of allylic oxidation sites excluding steroid dienone is 3. The number of nitrogens with zero attached hydrogens (tertiary/aromatic N) is 1. The van der Waals surface area contributed by atoms with E-state index in [1.165, 1.54) is 0 Å². The molecule has 0 aromatic heterocycles. The van der Waals surface area contributed by atoms with Gasteiger partial charge in [0.2, 0.25) is 0 Å². The number of unbranched alkanes of at least 4 members (excludes halogenated alkanes) is 1. The predicted octanol–water partition coefficient (Wildman–Crippen LogP) is 5.28. The lowest BCUT2D eigenvalue weighted by molar-refractivity contribution is -0.0178. The number of ether oxygens (including phenoxy) is 1. The molecular formula is C29H49N3O3S. The molecule has 0 bridgehead atoms. The van der Waals surface area contributed by atoms with Gasteiger partial charge in [-0.25, -0.2) is 4.79 Å². The zero-order valence-corrected chi connectivity index (χ0v) is 24.0. The lowest BCUT2D eigenvalue weighted by Gasteiger charge is -2.43. The van der Waals surface area contributed by atoms with Crippen LogP contribution in [0.25, 0.3) is 0 Å². The Kier molecular flexibility index (Phi) is 12.8. The topological polar surface area (TPSA) is 73.8 Å². The van der Waals surface area contributed by atoms with Crippen LogP contribution in [0.15, 0.2) is 47.4 Å². The Morgan fingerprint density at radius 1 is 1.33 bits per heavy atom. The van der Waals surface area contributed by atoms with E-state index in [9.17, 15) is 9.90 Å². The molecule has 0 radical (unpaired) electrons. The molecule has 2 aliphatic heterocycles. The smallest absolute Gasteiger partial charge is 0.317 e. The number of rotatable bonds is 11. The highest BCUT2D eigenvalue weighted by atomic mass is 32.2. The lowest BCUT2D eigenvalue weighted by atomic mass is 9.73. The van der Waals surface area contributed by atoms with Gasteiger partial charge < -0.3 is 25.4 Å². The fourth-order valence-corrected chi connectivity index (χ4v) is 5.77. The van der Waals surface area contributed by atoms with Gasteiger partial charge in [-0.2, -0.15) is 0 Å². The van der Waals surface area contributed by atoms with Gasteiger partial charge in [0, 0.05) is 56.0 Å². The first-order chi connectivity index (χ1) is 17.1. The van der Waals surface area contributed by atoms with Crippen LogP contribution in [0.4, 0.5) is 4.79 Å². The van der Waals surface area contributed by atoms with Gasteiger partial charge in [-0.3, -0.25) is 0 Å². The van der Waals surface area contributed by atoms with Crippen molar-refractivity contribution in [2.45, 2.75) is 70.9 Å². The van der Waals surface area contributed by atoms with E-state index < -0.39 is 5.60 Å². The molecular weight excluding hydrogens is 470 g/mol. The number of carbonyl (C=O) groups is 1.